The van der Waals surface area contributed by atoms with Crippen molar-refractivity contribution in [2.45, 2.75) is 58.4 Å². The molecule has 3 nitrogen and oxygen atoms in total. The van der Waals surface area contributed by atoms with Crippen LogP contribution in [-0.4, -0.2) is 32.3 Å². The molecule has 1 fully saturated rings. The van der Waals surface area contributed by atoms with E-state index in [1.165, 1.54) is 25.7 Å². The lowest BCUT2D eigenvalue weighted by Crippen LogP contribution is -2.46. The standard InChI is InChI=1S/C14H30N2O/c1-3-4-5-6-13(2)16-12-14(11-15)7-9-17-10-8-14/h13,16H,3-12,15H2,1-2H3. The van der Waals surface area contributed by atoms with E-state index in [0.717, 1.165) is 39.1 Å². The summed E-state index contributed by atoms with van der Waals surface area (Å²) in [6.07, 6.45) is 7.49. The molecule has 3 N–H and O–H groups in total. The fraction of sp³-hybridized carbons (Fsp3) is 1.00. The fourth-order valence-corrected chi connectivity index (χ4v) is 2.45. The molecule has 0 spiro atoms. The minimum Gasteiger partial charge on any atom is -0.381 e. The van der Waals surface area contributed by atoms with Crippen molar-refractivity contribution in [2.75, 3.05) is 26.3 Å². The highest BCUT2D eigenvalue weighted by Gasteiger charge is 2.31. The Morgan fingerprint density at radius 2 is 2.00 bits per heavy atom. The molecule has 1 atom stereocenters. The van der Waals surface area contributed by atoms with Crippen LogP contribution in [0.3, 0.4) is 0 Å². The van der Waals surface area contributed by atoms with Gasteiger partial charge in [-0.3, -0.25) is 0 Å². The molecule has 0 bridgehead atoms. The second kappa shape index (κ2) is 8.06. The van der Waals surface area contributed by atoms with Gasteiger partial charge in [0.1, 0.15) is 0 Å². The van der Waals surface area contributed by atoms with E-state index in [1.807, 2.05) is 0 Å². The van der Waals surface area contributed by atoms with Crippen LogP contribution in [0.25, 0.3) is 0 Å². The van der Waals surface area contributed by atoms with Crippen molar-refractivity contribution >= 4 is 0 Å². The number of unbranched alkanes of at least 4 members (excludes halogenated alkanes) is 2. The van der Waals surface area contributed by atoms with Gasteiger partial charge in [0.25, 0.3) is 0 Å². The zero-order valence-corrected chi connectivity index (χ0v) is 11.6. The second-order valence-corrected chi connectivity index (χ2v) is 5.59. The lowest BCUT2D eigenvalue weighted by molar-refractivity contribution is 0.0180. The highest BCUT2D eigenvalue weighted by molar-refractivity contribution is 4.85. The van der Waals surface area contributed by atoms with Crippen molar-refractivity contribution in [2.24, 2.45) is 11.1 Å². The van der Waals surface area contributed by atoms with Crippen molar-refractivity contribution in [1.29, 1.82) is 0 Å². The fourth-order valence-electron chi connectivity index (χ4n) is 2.45. The van der Waals surface area contributed by atoms with Crippen LogP contribution in [0, 0.1) is 5.41 Å². The number of nitrogens with one attached hydrogen (secondary N) is 1. The highest BCUT2D eigenvalue weighted by Crippen LogP contribution is 2.28. The van der Waals surface area contributed by atoms with Crippen molar-refractivity contribution in [3.05, 3.63) is 0 Å². The molecule has 1 rings (SSSR count). The Labute approximate surface area is 106 Å². The van der Waals surface area contributed by atoms with Crippen molar-refractivity contribution in [3.63, 3.8) is 0 Å². The summed E-state index contributed by atoms with van der Waals surface area (Å²) in [5.74, 6) is 0. The largest absolute Gasteiger partial charge is 0.381 e. The molecule has 1 heterocycles. The molecule has 1 aliphatic heterocycles. The smallest absolute Gasteiger partial charge is 0.0472 e. The summed E-state index contributed by atoms with van der Waals surface area (Å²) in [6, 6.07) is 0.618. The Morgan fingerprint density at radius 3 is 2.59 bits per heavy atom. The van der Waals surface area contributed by atoms with E-state index in [9.17, 15) is 0 Å². The predicted molar refractivity (Wildman–Crippen MR) is 73.1 cm³/mol. The zero-order valence-electron chi connectivity index (χ0n) is 11.6. The zero-order chi connectivity index (χ0) is 12.6. The molecule has 0 aromatic carbocycles. The summed E-state index contributed by atoms with van der Waals surface area (Å²) < 4.78 is 5.43. The Balaban J connectivity index is 2.21. The first-order valence-corrected chi connectivity index (χ1v) is 7.23. The van der Waals surface area contributed by atoms with E-state index in [2.05, 4.69) is 19.2 Å². The minimum atomic E-state index is 0.289. The van der Waals surface area contributed by atoms with E-state index < -0.39 is 0 Å². The van der Waals surface area contributed by atoms with E-state index in [1.54, 1.807) is 0 Å². The van der Waals surface area contributed by atoms with Gasteiger partial charge in [-0.25, -0.2) is 0 Å². The summed E-state index contributed by atoms with van der Waals surface area (Å²) in [7, 11) is 0. The van der Waals surface area contributed by atoms with E-state index in [4.69, 9.17) is 10.5 Å². The molecular formula is C14H30N2O. The maximum atomic E-state index is 5.95. The number of hydrogen-bond acceptors (Lipinski definition) is 3. The first kappa shape index (κ1) is 14.9. The van der Waals surface area contributed by atoms with Gasteiger partial charge in [0.2, 0.25) is 0 Å². The topological polar surface area (TPSA) is 47.3 Å². The van der Waals surface area contributed by atoms with Crippen LogP contribution in [0.1, 0.15) is 52.4 Å². The summed E-state index contributed by atoms with van der Waals surface area (Å²) in [5.41, 5.74) is 6.24. The second-order valence-electron chi connectivity index (χ2n) is 5.59. The van der Waals surface area contributed by atoms with Crippen molar-refractivity contribution in [3.8, 4) is 0 Å². The van der Waals surface area contributed by atoms with E-state index in [-0.39, 0.29) is 5.41 Å². The summed E-state index contributed by atoms with van der Waals surface area (Å²) >= 11 is 0. The predicted octanol–water partition coefficient (Wildman–Crippen LogP) is 2.30. The van der Waals surface area contributed by atoms with Gasteiger partial charge in [0, 0.05) is 25.8 Å². The molecule has 1 unspecified atom stereocenters. The van der Waals surface area contributed by atoms with Crippen LogP contribution in [0.5, 0.6) is 0 Å². The Morgan fingerprint density at radius 1 is 1.29 bits per heavy atom. The number of nitrogens with two attached hydrogens (primary N) is 1. The summed E-state index contributed by atoms with van der Waals surface area (Å²) in [6.45, 7) is 8.14. The molecule has 0 aromatic heterocycles. The van der Waals surface area contributed by atoms with Crippen LogP contribution in [-0.2, 0) is 4.74 Å². The third-order valence-corrected chi connectivity index (χ3v) is 4.05. The average Bonchev–Trinajstić information content (AvgIpc) is 2.38. The molecule has 0 saturated carbocycles. The van der Waals surface area contributed by atoms with Crippen LogP contribution in [0.15, 0.2) is 0 Å². The van der Waals surface area contributed by atoms with Crippen LogP contribution in [0.2, 0.25) is 0 Å². The molecule has 3 heteroatoms. The molecule has 102 valence electrons. The van der Waals surface area contributed by atoms with Crippen molar-refractivity contribution < 1.29 is 4.74 Å². The number of rotatable bonds is 8. The Bertz CT molecular complexity index is 191. The van der Waals surface area contributed by atoms with Crippen LogP contribution >= 0.6 is 0 Å². The third kappa shape index (κ3) is 5.36. The summed E-state index contributed by atoms with van der Waals surface area (Å²) in [5, 5.41) is 3.67. The van der Waals surface area contributed by atoms with Crippen LogP contribution in [0.4, 0.5) is 0 Å². The first-order valence-electron chi connectivity index (χ1n) is 7.23. The quantitative estimate of drug-likeness (QED) is 0.642. The number of hydrogen-bond donors (Lipinski definition) is 2. The lowest BCUT2D eigenvalue weighted by Gasteiger charge is -2.37. The molecule has 1 aliphatic rings. The van der Waals surface area contributed by atoms with Gasteiger partial charge in [0.05, 0.1) is 0 Å². The molecule has 0 radical (unpaired) electrons. The van der Waals surface area contributed by atoms with Gasteiger partial charge in [-0.2, -0.15) is 0 Å². The Hall–Kier alpha value is -0.120. The molecule has 17 heavy (non-hydrogen) atoms. The van der Waals surface area contributed by atoms with E-state index >= 15 is 0 Å². The number of ether oxygens (including phenoxy) is 1. The van der Waals surface area contributed by atoms with E-state index in [0.29, 0.717) is 6.04 Å². The van der Waals surface area contributed by atoms with Gasteiger partial charge in [-0.15, -0.1) is 0 Å². The maximum Gasteiger partial charge on any atom is 0.0472 e. The Kier molecular flexibility index (Phi) is 7.09. The SMILES string of the molecule is CCCCCC(C)NCC1(CN)CCOCC1. The molecule has 0 aromatic rings. The lowest BCUT2D eigenvalue weighted by atomic mass is 9.80. The highest BCUT2D eigenvalue weighted by atomic mass is 16.5. The normalized spacial score (nSPS) is 21.4. The third-order valence-electron chi connectivity index (χ3n) is 4.05. The summed E-state index contributed by atoms with van der Waals surface area (Å²) in [4.78, 5) is 0. The molecular weight excluding hydrogens is 212 g/mol. The van der Waals surface area contributed by atoms with Gasteiger partial charge >= 0.3 is 0 Å². The molecule has 1 saturated heterocycles. The monoisotopic (exact) mass is 242 g/mol. The van der Waals surface area contributed by atoms with Gasteiger partial charge in [-0.1, -0.05) is 26.2 Å². The average molecular weight is 242 g/mol. The van der Waals surface area contributed by atoms with Crippen molar-refractivity contribution in [1.82, 2.24) is 5.32 Å². The van der Waals surface area contributed by atoms with Crippen LogP contribution < -0.4 is 11.1 Å². The van der Waals surface area contributed by atoms with Gasteiger partial charge in [0.15, 0.2) is 0 Å². The molecule has 0 amide bonds. The minimum absolute atomic E-state index is 0.289. The first-order chi connectivity index (χ1) is 8.22. The maximum absolute atomic E-state index is 5.95. The van der Waals surface area contributed by atoms with Gasteiger partial charge < -0.3 is 15.8 Å². The molecule has 0 aliphatic carbocycles. The van der Waals surface area contributed by atoms with Gasteiger partial charge in [-0.05, 0) is 38.1 Å².